The lowest BCUT2D eigenvalue weighted by Crippen LogP contribution is -2.47. The Morgan fingerprint density at radius 2 is 1.72 bits per heavy atom. The summed E-state index contributed by atoms with van der Waals surface area (Å²) in [6.07, 6.45) is 5.81. The van der Waals surface area contributed by atoms with E-state index >= 15 is 0 Å². The molecule has 5 rings (SSSR count). The molecule has 2 fully saturated rings. The molecule has 1 aromatic rings. The molecule has 1 N–H and O–H groups in total. The van der Waals surface area contributed by atoms with E-state index in [4.69, 9.17) is 4.74 Å². The molecule has 1 aliphatic carbocycles. The van der Waals surface area contributed by atoms with Crippen LogP contribution in [0.25, 0.3) is 0 Å². The number of piperidine rings is 2. The third-order valence-corrected chi connectivity index (χ3v) is 8.56. The predicted molar refractivity (Wildman–Crippen MR) is 121 cm³/mol. The summed E-state index contributed by atoms with van der Waals surface area (Å²) in [5, 5.41) is 10.9. The summed E-state index contributed by atoms with van der Waals surface area (Å²) in [5.74, 6) is 0.0624. The van der Waals surface area contributed by atoms with Gasteiger partial charge in [-0.05, 0) is 81.6 Å². The van der Waals surface area contributed by atoms with Crippen molar-refractivity contribution in [3.63, 3.8) is 0 Å². The number of carbonyl (C=O) groups is 2. The first kappa shape index (κ1) is 21.7. The van der Waals surface area contributed by atoms with Crippen LogP contribution < -0.4 is 0 Å². The molecule has 0 bridgehead atoms. The summed E-state index contributed by atoms with van der Waals surface area (Å²) >= 11 is 0. The molecular formula is C26H34N2O4. The fourth-order valence-corrected chi connectivity index (χ4v) is 6.20. The van der Waals surface area contributed by atoms with Crippen molar-refractivity contribution < 1.29 is 19.4 Å². The summed E-state index contributed by atoms with van der Waals surface area (Å²) < 4.78 is 5.15. The van der Waals surface area contributed by atoms with Crippen molar-refractivity contribution in [3.8, 4) is 0 Å². The first-order valence-electron chi connectivity index (χ1n) is 12.0. The summed E-state index contributed by atoms with van der Waals surface area (Å²) in [4.78, 5) is 28.5. The molecule has 4 aliphatic rings. The molecule has 2 saturated heterocycles. The smallest absolute Gasteiger partial charge is 0.338 e. The zero-order valence-electron chi connectivity index (χ0n) is 19.3. The molecule has 0 aromatic heterocycles. The van der Waals surface area contributed by atoms with Gasteiger partial charge in [0.2, 0.25) is 0 Å². The maximum Gasteiger partial charge on any atom is 0.338 e. The minimum Gasteiger partial charge on any atom is -0.457 e. The molecule has 0 saturated carbocycles. The molecule has 6 heteroatoms. The molecule has 0 unspecified atom stereocenters. The number of esters is 1. The van der Waals surface area contributed by atoms with Gasteiger partial charge < -0.3 is 19.6 Å². The Balaban J connectivity index is 1.16. The second-order valence-corrected chi connectivity index (χ2v) is 10.2. The number of hydrogen-bond donors (Lipinski definition) is 1. The highest BCUT2D eigenvalue weighted by molar-refractivity contribution is 5.98. The maximum absolute atomic E-state index is 11.9. The largest absolute Gasteiger partial charge is 0.457 e. The van der Waals surface area contributed by atoms with Gasteiger partial charge in [0, 0.05) is 42.9 Å². The topological polar surface area (TPSA) is 70.1 Å². The van der Waals surface area contributed by atoms with Crippen LogP contribution in [0.5, 0.6) is 0 Å². The van der Waals surface area contributed by atoms with Crippen molar-refractivity contribution in [2.24, 2.45) is 5.41 Å². The lowest BCUT2D eigenvalue weighted by molar-refractivity contribution is -0.114. The number of allylic oxidation sites excluding steroid dienone is 2. The third kappa shape index (κ3) is 3.77. The van der Waals surface area contributed by atoms with E-state index in [1.54, 1.807) is 6.07 Å². The zero-order valence-corrected chi connectivity index (χ0v) is 19.3. The monoisotopic (exact) mass is 438 g/mol. The van der Waals surface area contributed by atoms with Crippen molar-refractivity contribution in [2.45, 2.75) is 65.1 Å². The molecule has 1 spiro atoms. The standard InChI is InChI=1S/C26H34N2O4/c1-17-19(3-4-20-21(17)16-32-25(20)31)24(30)15-27-11-7-26(8-12-27)9-13-28(14-10-26)22-5-6-23(29)18(22)2/h3-4,24,30H,5-16H2,1-2H3/t24-/m0/s1. The van der Waals surface area contributed by atoms with Crippen molar-refractivity contribution in [3.05, 3.63) is 45.7 Å². The highest BCUT2D eigenvalue weighted by Crippen LogP contribution is 2.43. The van der Waals surface area contributed by atoms with Gasteiger partial charge in [0.25, 0.3) is 0 Å². The lowest BCUT2D eigenvalue weighted by Gasteiger charge is -2.48. The first-order valence-corrected chi connectivity index (χ1v) is 12.0. The van der Waals surface area contributed by atoms with Crippen molar-refractivity contribution in [1.29, 1.82) is 0 Å². The van der Waals surface area contributed by atoms with Crippen LogP contribution in [0.2, 0.25) is 0 Å². The number of β-amino-alcohol motifs (C(OH)–C–C–N with tert-alkyl or cyclic N) is 1. The number of nitrogens with zero attached hydrogens (tertiary/aromatic N) is 2. The van der Waals surface area contributed by atoms with Crippen LogP contribution in [0.3, 0.4) is 0 Å². The first-order chi connectivity index (χ1) is 15.4. The van der Waals surface area contributed by atoms with Gasteiger partial charge in [-0.15, -0.1) is 0 Å². The van der Waals surface area contributed by atoms with E-state index in [9.17, 15) is 14.7 Å². The number of aliphatic hydroxyl groups is 1. The van der Waals surface area contributed by atoms with Gasteiger partial charge in [-0.2, -0.15) is 0 Å². The normalized spacial score (nSPS) is 24.3. The van der Waals surface area contributed by atoms with Crippen LogP contribution in [-0.4, -0.2) is 59.4 Å². The summed E-state index contributed by atoms with van der Waals surface area (Å²) in [5.41, 5.74) is 6.14. The Kier molecular flexibility index (Phi) is 5.62. The predicted octanol–water partition coefficient (Wildman–Crippen LogP) is 3.51. The van der Waals surface area contributed by atoms with Crippen LogP contribution >= 0.6 is 0 Å². The number of cyclic esters (lactones) is 1. The second-order valence-electron chi connectivity index (χ2n) is 10.2. The number of hydrogen-bond acceptors (Lipinski definition) is 6. The number of ketones is 1. The highest BCUT2D eigenvalue weighted by Gasteiger charge is 2.39. The fourth-order valence-electron chi connectivity index (χ4n) is 6.20. The number of fused-ring (bicyclic) bond motifs is 1. The zero-order chi connectivity index (χ0) is 22.5. The molecule has 0 amide bonds. The van der Waals surface area contributed by atoms with E-state index in [1.165, 1.54) is 31.4 Å². The fraction of sp³-hybridized carbons (Fsp3) is 0.615. The number of likely N-dealkylation sites (tertiary alicyclic amines) is 2. The number of carbonyl (C=O) groups excluding carboxylic acids is 2. The second kappa shape index (κ2) is 8.31. The van der Waals surface area contributed by atoms with Gasteiger partial charge in [-0.1, -0.05) is 6.07 Å². The van der Waals surface area contributed by atoms with Gasteiger partial charge in [0.15, 0.2) is 5.78 Å². The molecule has 1 atom stereocenters. The minimum absolute atomic E-state index is 0.262. The van der Waals surface area contributed by atoms with Crippen LogP contribution in [0, 0.1) is 12.3 Å². The SMILES string of the molecule is CC1=C(N2CCC3(CCN(C[C@H](O)c4ccc5c(c4C)COC5=O)CC3)CC2)CCC1=O. The molecule has 32 heavy (non-hydrogen) atoms. The van der Waals surface area contributed by atoms with E-state index in [0.29, 0.717) is 36.3 Å². The lowest BCUT2D eigenvalue weighted by atomic mass is 9.71. The van der Waals surface area contributed by atoms with Gasteiger partial charge in [0.1, 0.15) is 6.61 Å². The Morgan fingerprint density at radius 1 is 1.03 bits per heavy atom. The average molecular weight is 439 g/mol. The quantitative estimate of drug-likeness (QED) is 0.726. The third-order valence-electron chi connectivity index (χ3n) is 8.56. The van der Waals surface area contributed by atoms with E-state index in [1.807, 2.05) is 19.9 Å². The molecule has 3 aliphatic heterocycles. The number of rotatable bonds is 4. The highest BCUT2D eigenvalue weighted by atomic mass is 16.5. The molecular weight excluding hydrogens is 404 g/mol. The summed E-state index contributed by atoms with van der Waals surface area (Å²) in [6.45, 7) is 9.08. The van der Waals surface area contributed by atoms with E-state index in [2.05, 4.69) is 9.80 Å². The van der Waals surface area contributed by atoms with Crippen molar-refractivity contribution in [2.75, 3.05) is 32.7 Å². The molecule has 0 radical (unpaired) electrons. The van der Waals surface area contributed by atoms with Gasteiger partial charge in [-0.25, -0.2) is 4.79 Å². The van der Waals surface area contributed by atoms with Gasteiger partial charge in [-0.3, -0.25) is 4.79 Å². The Morgan fingerprint density at radius 3 is 2.38 bits per heavy atom. The number of aliphatic hydroxyl groups excluding tert-OH is 1. The number of Topliss-reactive ketones (excluding diaryl/α,β-unsaturated/α-hetero) is 1. The van der Waals surface area contributed by atoms with Gasteiger partial charge >= 0.3 is 5.97 Å². The Bertz CT molecular complexity index is 964. The molecule has 172 valence electrons. The van der Waals surface area contributed by atoms with Gasteiger partial charge in [0.05, 0.1) is 11.7 Å². The Hall–Kier alpha value is -2.18. The molecule has 6 nitrogen and oxygen atoms in total. The van der Waals surface area contributed by atoms with Crippen LogP contribution in [0.15, 0.2) is 23.4 Å². The average Bonchev–Trinajstić information content (AvgIpc) is 3.34. The number of ether oxygens (including phenoxy) is 1. The van der Waals surface area contributed by atoms with E-state index in [-0.39, 0.29) is 5.97 Å². The number of benzene rings is 1. The molecule has 3 heterocycles. The maximum atomic E-state index is 11.9. The van der Waals surface area contributed by atoms with Crippen LogP contribution in [0.1, 0.15) is 78.6 Å². The Labute approximate surface area is 190 Å². The van der Waals surface area contributed by atoms with E-state index < -0.39 is 6.10 Å². The van der Waals surface area contributed by atoms with Crippen molar-refractivity contribution in [1.82, 2.24) is 9.80 Å². The summed E-state index contributed by atoms with van der Waals surface area (Å²) in [6, 6.07) is 3.68. The molecule has 1 aromatic carbocycles. The van der Waals surface area contributed by atoms with Crippen LogP contribution in [0.4, 0.5) is 0 Å². The van der Waals surface area contributed by atoms with Crippen LogP contribution in [-0.2, 0) is 16.1 Å². The van der Waals surface area contributed by atoms with Crippen molar-refractivity contribution >= 4 is 11.8 Å². The minimum atomic E-state index is -0.554. The van der Waals surface area contributed by atoms with E-state index in [0.717, 1.165) is 54.9 Å². The summed E-state index contributed by atoms with van der Waals surface area (Å²) in [7, 11) is 0.